The van der Waals surface area contributed by atoms with E-state index in [4.69, 9.17) is 21.1 Å². The maximum absolute atomic E-state index is 12.4. The zero-order valence-corrected chi connectivity index (χ0v) is 14.9. The lowest BCUT2D eigenvalue weighted by atomic mass is 9.79. The quantitative estimate of drug-likeness (QED) is 0.564. The SMILES string of the molecule is CC1=CC(=O)C2=C(C)C[C@H](OC(=O)[C@@H](C)Cl)[C@@H]3[C@H](OC(=O)[C@H]3C)[C@@H]12. The van der Waals surface area contributed by atoms with E-state index in [0.717, 1.165) is 11.1 Å². The summed E-state index contributed by atoms with van der Waals surface area (Å²) >= 11 is 5.83. The highest BCUT2D eigenvalue weighted by molar-refractivity contribution is 6.29. The second-order valence-electron chi connectivity index (χ2n) is 6.99. The largest absolute Gasteiger partial charge is 0.461 e. The van der Waals surface area contributed by atoms with E-state index in [2.05, 4.69) is 0 Å². The Hall–Kier alpha value is -1.62. The van der Waals surface area contributed by atoms with Crippen molar-refractivity contribution < 1.29 is 23.9 Å². The first kappa shape index (κ1) is 17.2. The second-order valence-corrected chi connectivity index (χ2v) is 7.64. The minimum absolute atomic E-state index is 0.0398. The number of carbonyl (C=O) groups is 3. The fourth-order valence-corrected chi connectivity index (χ4v) is 4.20. The first-order chi connectivity index (χ1) is 11.2. The summed E-state index contributed by atoms with van der Waals surface area (Å²) in [6, 6.07) is 0. The molecule has 0 aromatic rings. The van der Waals surface area contributed by atoms with Gasteiger partial charge in [0.1, 0.15) is 17.6 Å². The molecule has 0 aromatic carbocycles. The summed E-state index contributed by atoms with van der Waals surface area (Å²) < 4.78 is 11.2. The third-order valence-electron chi connectivity index (χ3n) is 5.32. The second kappa shape index (κ2) is 6.03. The molecular weight excluding hydrogens is 332 g/mol. The number of fused-ring (bicyclic) bond motifs is 3. The third kappa shape index (κ3) is 2.59. The van der Waals surface area contributed by atoms with Gasteiger partial charge in [-0.2, -0.15) is 0 Å². The standard InChI is InChI=1S/C18H21ClO5/c1-7-5-11(20)13-8(2)6-12(23-18(22)10(4)19)15-9(3)17(21)24-16(15)14(7)13/h5,9-10,12,14-16H,6H2,1-4H3/t9-,10+,12-,14-,15+,16+/m0/s1. The molecule has 24 heavy (non-hydrogen) atoms. The third-order valence-corrected chi connectivity index (χ3v) is 5.50. The van der Waals surface area contributed by atoms with Crippen molar-refractivity contribution in [2.75, 3.05) is 0 Å². The monoisotopic (exact) mass is 352 g/mol. The molecule has 2 aliphatic carbocycles. The molecule has 1 aliphatic heterocycles. The molecule has 5 nitrogen and oxygen atoms in total. The summed E-state index contributed by atoms with van der Waals surface area (Å²) in [5.74, 6) is -1.79. The lowest BCUT2D eigenvalue weighted by molar-refractivity contribution is -0.152. The minimum Gasteiger partial charge on any atom is -0.461 e. The topological polar surface area (TPSA) is 69.7 Å². The van der Waals surface area contributed by atoms with Crippen LogP contribution in [0, 0.1) is 17.8 Å². The molecule has 0 N–H and O–H groups in total. The lowest BCUT2D eigenvalue weighted by Gasteiger charge is -2.29. The minimum atomic E-state index is -0.768. The molecule has 6 heteroatoms. The predicted octanol–water partition coefficient (Wildman–Crippen LogP) is 2.57. The van der Waals surface area contributed by atoms with Crippen LogP contribution >= 0.6 is 11.6 Å². The van der Waals surface area contributed by atoms with Crippen LogP contribution in [-0.2, 0) is 23.9 Å². The van der Waals surface area contributed by atoms with E-state index in [1.54, 1.807) is 19.9 Å². The maximum atomic E-state index is 12.4. The van der Waals surface area contributed by atoms with Crippen LogP contribution < -0.4 is 0 Å². The summed E-state index contributed by atoms with van der Waals surface area (Å²) in [7, 11) is 0. The number of hydrogen-bond donors (Lipinski definition) is 0. The summed E-state index contributed by atoms with van der Waals surface area (Å²) in [6.07, 6.45) is 1.02. The molecule has 0 amide bonds. The Bertz CT molecular complexity index is 675. The highest BCUT2D eigenvalue weighted by Crippen LogP contribution is 2.48. The molecule has 0 unspecified atom stereocenters. The van der Waals surface area contributed by atoms with Gasteiger partial charge >= 0.3 is 11.9 Å². The number of carbonyl (C=O) groups excluding carboxylic acids is 3. The zero-order chi connectivity index (χ0) is 17.8. The summed E-state index contributed by atoms with van der Waals surface area (Å²) in [4.78, 5) is 36.5. The van der Waals surface area contributed by atoms with Crippen LogP contribution in [0.4, 0.5) is 0 Å². The summed E-state index contributed by atoms with van der Waals surface area (Å²) in [5, 5.41) is -0.768. The molecule has 0 bridgehead atoms. The molecular formula is C18H21ClO5. The average Bonchev–Trinajstić information content (AvgIpc) is 2.89. The van der Waals surface area contributed by atoms with Gasteiger partial charge in [-0.1, -0.05) is 18.1 Å². The molecule has 6 atom stereocenters. The van der Waals surface area contributed by atoms with Crippen LogP contribution in [0.3, 0.4) is 0 Å². The van der Waals surface area contributed by atoms with Crippen molar-refractivity contribution in [1.29, 1.82) is 0 Å². The van der Waals surface area contributed by atoms with E-state index < -0.39 is 29.5 Å². The Balaban J connectivity index is 2.03. The smallest absolute Gasteiger partial charge is 0.324 e. The fraction of sp³-hybridized carbons (Fsp3) is 0.611. The van der Waals surface area contributed by atoms with Crippen LogP contribution in [0.2, 0.25) is 0 Å². The van der Waals surface area contributed by atoms with Crippen LogP contribution in [0.1, 0.15) is 34.1 Å². The molecule has 1 saturated heterocycles. The first-order valence-corrected chi connectivity index (χ1v) is 8.63. The summed E-state index contributed by atoms with van der Waals surface area (Å²) in [5.41, 5.74) is 2.46. The van der Waals surface area contributed by atoms with E-state index >= 15 is 0 Å². The number of alkyl halides is 1. The Kier molecular flexibility index (Phi) is 4.32. The molecule has 130 valence electrons. The first-order valence-electron chi connectivity index (χ1n) is 8.19. The van der Waals surface area contributed by atoms with Gasteiger partial charge in [0.25, 0.3) is 0 Å². The Morgan fingerprint density at radius 1 is 1.38 bits per heavy atom. The van der Waals surface area contributed by atoms with Crippen molar-refractivity contribution in [2.45, 2.75) is 51.7 Å². The van der Waals surface area contributed by atoms with Crippen molar-refractivity contribution in [3.05, 3.63) is 22.8 Å². The predicted molar refractivity (Wildman–Crippen MR) is 87.3 cm³/mol. The van der Waals surface area contributed by atoms with Gasteiger partial charge in [-0.05, 0) is 26.8 Å². The molecule has 0 radical (unpaired) electrons. The maximum Gasteiger partial charge on any atom is 0.324 e. The van der Waals surface area contributed by atoms with Crippen molar-refractivity contribution in [1.82, 2.24) is 0 Å². The van der Waals surface area contributed by atoms with Crippen LogP contribution in [0.25, 0.3) is 0 Å². The number of rotatable bonds is 2. The Labute approximate surface area is 146 Å². The Morgan fingerprint density at radius 2 is 2.04 bits per heavy atom. The number of ketones is 1. The van der Waals surface area contributed by atoms with E-state index in [1.165, 1.54) is 0 Å². The van der Waals surface area contributed by atoms with Gasteiger partial charge in [0, 0.05) is 23.8 Å². The summed E-state index contributed by atoms with van der Waals surface area (Å²) in [6.45, 7) is 7.09. The highest BCUT2D eigenvalue weighted by Gasteiger charge is 2.55. The van der Waals surface area contributed by atoms with Crippen LogP contribution in [-0.4, -0.2) is 35.3 Å². The number of halogens is 1. The number of hydrogen-bond acceptors (Lipinski definition) is 5. The van der Waals surface area contributed by atoms with Crippen molar-refractivity contribution in [3.63, 3.8) is 0 Å². The molecule has 0 saturated carbocycles. The van der Waals surface area contributed by atoms with Crippen molar-refractivity contribution in [3.8, 4) is 0 Å². The Morgan fingerprint density at radius 3 is 2.67 bits per heavy atom. The van der Waals surface area contributed by atoms with Gasteiger partial charge in [-0.25, -0.2) is 0 Å². The molecule has 1 heterocycles. The molecule has 3 rings (SSSR count). The van der Waals surface area contributed by atoms with Gasteiger partial charge in [0.05, 0.1) is 5.92 Å². The zero-order valence-electron chi connectivity index (χ0n) is 14.2. The van der Waals surface area contributed by atoms with E-state index in [-0.39, 0.29) is 23.6 Å². The van der Waals surface area contributed by atoms with Gasteiger partial charge in [0.15, 0.2) is 5.78 Å². The number of allylic oxidation sites excluding steroid dienone is 1. The molecule has 0 aromatic heterocycles. The van der Waals surface area contributed by atoms with Crippen LogP contribution in [0.15, 0.2) is 22.8 Å². The average molecular weight is 353 g/mol. The van der Waals surface area contributed by atoms with Gasteiger partial charge < -0.3 is 9.47 Å². The van der Waals surface area contributed by atoms with Gasteiger partial charge in [-0.15, -0.1) is 11.6 Å². The normalized spacial score (nSPS) is 36.5. The molecule has 0 spiro atoms. The molecule has 3 aliphatic rings. The fourth-order valence-electron chi connectivity index (χ4n) is 4.15. The van der Waals surface area contributed by atoms with E-state index in [9.17, 15) is 14.4 Å². The lowest BCUT2D eigenvalue weighted by Crippen LogP contribution is -2.38. The van der Waals surface area contributed by atoms with E-state index in [1.807, 2.05) is 13.8 Å². The number of esters is 2. The van der Waals surface area contributed by atoms with E-state index in [0.29, 0.717) is 12.0 Å². The number of ether oxygens (including phenoxy) is 2. The van der Waals surface area contributed by atoms with Crippen molar-refractivity contribution in [2.24, 2.45) is 17.8 Å². The molecule has 1 fully saturated rings. The highest BCUT2D eigenvalue weighted by atomic mass is 35.5. The van der Waals surface area contributed by atoms with Gasteiger partial charge in [0.2, 0.25) is 0 Å². The van der Waals surface area contributed by atoms with Gasteiger partial charge in [-0.3, -0.25) is 14.4 Å². The van der Waals surface area contributed by atoms with Crippen LogP contribution in [0.5, 0.6) is 0 Å². The van der Waals surface area contributed by atoms with Crippen molar-refractivity contribution >= 4 is 29.3 Å².